The van der Waals surface area contributed by atoms with Crippen LogP contribution in [-0.4, -0.2) is 49.3 Å². The Morgan fingerprint density at radius 2 is 0.965 bits per heavy atom. The van der Waals surface area contributed by atoms with Crippen molar-refractivity contribution in [3.8, 4) is 0 Å². The molecule has 0 fully saturated rings. The normalized spacial score (nSPS) is 14.0. The number of unbranched alkanes of at least 4 members (excludes halogenated alkanes) is 16. The van der Waals surface area contributed by atoms with Gasteiger partial charge in [0.2, 0.25) is 0 Å². The smallest absolute Gasteiger partial charge is 0.462 e. The zero-order chi connectivity index (χ0) is 41.8. The van der Waals surface area contributed by atoms with Gasteiger partial charge in [0, 0.05) is 19.4 Å². The van der Waals surface area contributed by atoms with E-state index in [-0.39, 0.29) is 32.6 Å². The highest BCUT2D eigenvalue weighted by Crippen LogP contribution is 2.43. The van der Waals surface area contributed by atoms with E-state index >= 15 is 0 Å². The van der Waals surface area contributed by atoms with Crippen LogP contribution in [0.2, 0.25) is 0 Å². The molecule has 57 heavy (non-hydrogen) atoms. The third-order valence-corrected chi connectivity index (χ3v) is 10.1. The van der Waals surface area contributed by atoms with Gasteiger partial charge in [0.15, 0.2) is 6.10 Å². The standard InChI is InChI=1S/C47H82NO8P/c1-3-5-7-9-11-13-15-17-18-19-20-21-22-23-24-25-26-28-30-32-34-36-38-40-47(50)56-45(44-55-57(51,52)54-42-41-48)43-53-46(49)39-37-35-33-31-29-27-16-14-12-10-8-6-4-2/h5,7,11,13,17-18,20-21,23-24,26,28,45H,3-4,6,8-10,12,14-16,19,22,25,27,29-44,48H2,1-2H3,(H,51,52)/b7-5-,13-11-,18-17-,21-20-,24-23-,28-26-. The van der Waals surface area contributed by atoms with Crippen LogP contribution in [0.3, 0.4) is 0 Å². The molecule has 2 unspecified atom stereocenters. The van der Waals surface area contributed by atoms with Gasteiger partial charge in [-0.3, -0.25) is 18.6 Å². The van der Waals surface area contributed by atoms with Gasteiger partial charge < -0.3 is 20.1 Å². The van der Waals surface area contributed by atoms with Gasteiger partial charge in [0.05, 0.1) is 13.2 Å². The Balaban J connectivity index is 4.19. The molecule has 3 N–H and O–H groups in total. The van der Waals surface area contributed by atoms with Crippen molar-refractivity contribution >= 4 is 19.8 Å². The number of rotatable bonds is 41. The number of phosphoric ester groups is 1. The highest BCUT2D eigenvalue weighted by Gasteiger charge is 2.26. The van der Waals surface area contributed by atoms with E-state index in [0.29, 0.717) is 6.42 Å². The van der Waals surface area contributed by atoms with Crippen LogP contribution in [0.1, 0.15) is 181 Å². The van der Waals surface area contributed by atoms with Gasteiger partial charge in [-0.05, 0) is 64.2 Å². The minimum Gasteiger partial charge on any atom is -0.462 e. The van der Waals surface area contributed by atoms with Crippen molar-refractivity contribution in [2.75, 3.05) is 26.4 Å². The van der Waals surface area contributed by atoms with E-state index < -0.39 is 32.5 Å². The molecular weight excluding hydrogens is 737 g/mol. The highest BCUT2D eigenvalue weighted by atomic mass is 31.2. The molecule has 0 aliphatic heterocycles. The molecule has 9 nitrogen and oxygen atoms in total. The summed E-state index contributed by atoms with van der Waals surface area (Å²) in [6.45, 7) is 3.58. The van der Waals surface area contributed by atoms with Gasteiger partial charge in [-0.2, -0.15) is 0 Å². The molecule has 0 aliphatic rings. The molecule has 0 aromatic rings. The topological polar surface area (TPSA) is 134 Å². The number of ether oxygens (including phenoxy) is 2. The zero-order valence-corrected chi connectivity index (χ0v) is 36.9. The Labute approximate surface area is 348 Å². The summed E-state index contributed by atoms with van der Waals surface area (Å²) in [6.07, 6.45) is 52.1. The summed E-state index contributed by atoms with van der Waals surface area (Å²) >= 11 is 0. The quantitative estimate of drug-likeness (QED) is 0.0267. The van der Waals surface area contributed by atoms with Crippen LogP contribution in [0.15, 0.2) is 72.9 Å². The summed E-state index contributed by atoms with van der Waals surface area (Å²) in [5.74, 6) is -0.860. The first-order valence-corrected chi connectivity index (χ1v) is 23.9. The average Bonchev–Trinajstić information content (AvgIpc) is 3.20. The monoisotopic (exact) mass is 820 g/mol. The maximum Gasteiger partial charge on any atom is 0.472 e. The fourth-order valence-electron chi connectivity index (χ4n) is 5.81. The summed E-state index contributed by atoms with van der Waals surface area (Å²) in [7, 11) is -4.39. The lowest BCUT2D eigenvalue weighted by Crippen LogP contribution is -2.29. The molecule has 0 saturated carbocycles. The molecular formula is C47H82NO8P. The number of phosphoric acid groups is 1. The Hall–Kier alpha value is -2.55. The lowest BCUT2D eigenvalue weighted by Gasteiger charge is -2.19. The summed E-state index contributed by atoms with van der Waals surface area (Å²) < 4.78 is 32.8. The van der Waals surface area contributed by atoms with Gasteiger partial charge in [-0.15, -0.1) is 0 Å². The zero-order valence-electron chi connectivity index (χ0n) is 36.0. The van der Waals surface area contributed by atoms with E-state index in [2.05, 4.69) is 86.8 Å². The summed E-state index contributed by atoms with van der Waals surface area (Å²) in [4.78, 5) is 34.9. The second kappa shape index (κ2) is 43.0. The van der Waals surface area contributed by atoms with Gasteiger partial charge in [-0.25, -0.2) is 4.57 Å². The molecule has 0 rings (SSSR count). The molecule has 0 bridgehead atoms. The van der Waals surface area contributed by atoms with Crippen molar-refractivity contribution < 1.29 is 37.6 Å². The van der Waals surface area contributed by atoms with Crippen LogP contribution in [0.5, 0.6) is 0 Å². The molecule has 10 heteroatoms. The predicted octanol–water partition coefficient (Wildman–Crippen LogP) is 13.1. The number of esters is 2. The first kappa shape index (κ1) is 54.5. The molecule has 0 aliphatic carbocycles. The van der Waals surface area contributed by atoms with Crippen molar-refractivity contribution in [3.63, 3.8) is 0 Å². The van der Waals surface area contributed by atoms with Crippen LogP contribution >= 0.6 is 7.82 Å². The van der Waals surface area contributed by atoms with Crippen molar-refractivity contribution in [2.24, 2.45) is 5.73 Å². The number of allylic oxidation sites excluding steroid dienone is 12. The number of hydrogen-bond donors (Lipinski definition) is 2. The van der Waals surface area contributed by atoms with Crippen LogP contribution in [0, 0.1) is 0 Å². The summed E-state index contributed by atoms with van der Waals surface area (Å²) in [6, 6.07) is 0. The second-order valence-corrected chi connectivity index (χ2v) is 16.0. The van der Waals surface area contributed by atoms with E-state index in [0.717, 1.165) is 83.5 Å². The molecule has 328 valence electrons. The first-order valence-electron chi connectivity index (χ1n) is 22.4. The van der Waals surface area contributed by atoms with Crippen LogP contribution in [0.4, 0.5) is 0 Å². The number of carbonyl (C=O) groups is 2. The van der Waals surface area contributed by atoms with E-state index in [4.69, 9.17) is 24.3 Å². The summed E-state index contributed by atoms with van der Waals surface area (Å²) in [5.41, 5.74) is 5.35. The minimum atomic E-state index is -4.39. The number of nitrogens with two attached hydrogens (primary N) is 1. The van der Waals surface area contributed by atoms with E-state index in [1.807, 2.05) is 0 Å². The maximum atomic E-state index is 12.6. The van der Waals surface area contributed by atoms with Gasteiger partial charge in [0.25, 0.3) is 0 Å². The number of hydrogen-bond acceptors (Lipinski definition) is 8. The maximum absolute atomic E-state index is 12.6. The van der Waals surface area contributed by atoms with Crippen molar-refractivity contribution in [2.45, 2.75) is 187 Å². The third-order valence-electron chi connectivity index (χ3n) is 9.11. The molecule has 0 spiro atoms. The Kier molecular flexibility index (Phi) is 41.1. The van der Waals surface area contributed by atoms with E-state index in [1.54, 1.807) is 0 Å². The molecule has 2 atom stereocenters. The van der Waals surface area contributed by atoms with Gasteiger partial charge in [0.1, 0.15) is 6.61 Å². The van der Waals surface area contributed by atoms with Crippen molar-refractivity contribution in [1.29, 1.82) is 0 Å². The molecule has 0 radical (unpaired) electrons. The fraction of sp³-hybridized carbons (Fsp3) is 0.702. The molecule has 0 aromatic carbocycles. The lowest BCUT2D eigenvalue weighted by atomic mass is 10.0. The first-order chi connectivity index (χ1) is 27.8. The van der Waals surface area contributed by atoms with E-state index in [9.17, 15) is 19.0 Å². The molecule has 0 amide bonds. The average molecular weight is 820 g/mol. The SMILES string of the molecule is CC/C=C\C/C=C\C/C=C\C/C=C\C/C=C\C/C=C\CCCCCCC(=O)OC(COC(=O)CCCCCCCCCCCCCCC)COP(=O)(O)OCCN. The Morgan fingerprint density at radius 1 is 0.544 bits per heavy atom. The lowest BCUT2D eigenvalue weighted by molar-refractivity contribution is -0.161. The Morgan fingerprint density at radius 3 is 1.44 bits per heavy atom. The Bertz CT molecular complexity index is 1160. The third kappa shape index (κ3) is 42.9. The van der Waals surface area contributed by atoms with Gasteiger partial charge >= 0.3 is 19.8 Å². The largest absolute Gasteiger partial charge is 0.472 e. The second-order valence-electron chi connectivity index (χ2n) is 14.5. The highest BCUT2D eigenvalue weighted by molar-refractivity contribution is 7.47. The molecule has 0 aromatic heterocycles. The summed E-state index contributed by atoms with van der Waals surface area (Å²) in [5, 5.41) is 0. The van der Waals surface area contributed by atoms with Crippen LogP contribution in [0.25, 0.3) is 0 Å². The molecule has 0 saturated heterocycles. The van der Waals surface area contributed by atoms with Crippen LogP contribution < -0.4 is 5.73 Å². The fourth-order valence-corrected chi connectivity index (χ4v) is 6.58. The van der Waals surface area contributed by atoms with E-state index in [1.165, 1.54) is 64.2 Å². The van der Waals surface area contributed by atoms with Gasteiger partial charge in [-0.1, -0.05) is 177 Å². The predicted molar refractivity (Wildman–Crippen MR) is 238 cm³/mol. The minimum absolute atomic E-state index is 0.0462. The van der Waals surface area contributed by atoms with Crippen LogP contribution in [-0.2, 0) is 32.7 Å². The number of carbonyl (C=O) groups excluding carboxylic acids is 2. The molecule has 0 heterocycles. The van der Waals surface area contributed by atoms with Crippen molar-refractivity contribution in [1.82, 2.24) is 0 Å². The van der Waals surface area contributed by atoms with Crippen molar-refractivity contribution in [3.05, 3.63) is 72.9 Å².